The van der Waals surface area contributed by atoms with Crippen LogP contribution in [0.1, 0.15) is 26.2 Å². The van der Waals surface area contributed by atoms with Gasteiger partial charge in [-0.3, -0.25) is 24.2 Å². The normalized spacial score (nSPS) is 14.3. The summed E-state index contributed by atoms with van der Waals surface area (Å²) in [4.78, 5) is 62.7. The maximum absolute atomic E-state index is 12.5. The molecule has 15 heteroatoms. The van der Waals surface area contributed by atoms with Crippen LogP contribution in [0, 0.1) is 0 Å². The lowest BCUT2D eigenvalue weighted by Crippen LogP contribution is -2.57. The third-order valence-corrected chi connectivity index (χ3v) is 4.17. The summed E-state index contributed by atoms with van der Waals surface area (Å²) in [6.07, 6.45) is -0.649. The van der Waals surface area contributed by atoms with Gasteiger partial charge < -0.3 is 43.4 Å². The van der Waals surface area contributed by atoms with Crippen LogP contribution in [0.2, 0.25) is 0 Å². The Balaban J connectivity index is 5.20. The van der Waals surface area contributed by atoms with Gasteiger partial charge in [0.05, 0.1) is 12.5 Å². The van der Waals surface area contributed by atoms with E-state index in [-0.39, 0.29) is 31.1 Å². The molecular weight excluding hydrogens is 434 g/mol. The Labute approximate surface area is 183 Å². The van der Waals surface area contributed by atoms with E-state index in [9.17, 15) is 29.1 Å². The predicted molar refractivity (Wildman–Crippen MR) is 113 cm³/mol. The molecule has 0 rings (SSSR count). The van der Waals surface area contributed by atoms with Gasteiger partial charge in [0.1, 0.15) is 18.1 Å². The molecule has 0 radical (unpaired) electrons. The third kappa shape index (κ3) is 11.6. The molecule has 0 heterocycles. The highest BCUT2D eigenvalue weighted by Crippen LogP contribution is 2.02. The van der Waals surface area contributed by atoms with Gasteiger partial charge in [-0.2, -0.15) is 12.6 Å². The standard InChI is InChI=1S/C16H29N7O7S/c1-7(17)12(26)23-10(6-31)14(28)22-9(5-11(24)25)13(27)21-8(15(29)30)3-2-4-20-16(18)19/h7-10,31H,2-6,17H2,1H3,(H,21,27)(H,22,28)(H,23,26)(H,24,25)(H,29,30)(H4,18,19,20). The van der Waals surface area contributed by atoms with Crippen LogP contribution in [0.3, 0.4) is 0 Å². The number of nitrogens with one attached hydrogen (secondary N) is 3. The van der Waals surface area contributed by atoms with Crippen molar-refractivity contribution in [1.82, 2.24) is 16.0 Å². The molecule has 11 N–H and O–H groups in total. The summed E-state index contributed by atoms with van der Waals surface area (Å²) >= 11 is 3.95. The number of nitrogens with zero attached hydrogens (tertiary/aromatic N) is 1. The molecular formula is C16H29N7O7S. The van der Waals surface area contributed by atoms with Gasteiger partial charge in [-0.05, 0) is 19.8 Å². The van der Waals surface area contributed by atoms with Gasteiger partial charge in [0.15, 0.2) is 5.96 Å². The van der Waals surface area contributed by atoms with Gasteiger partial charge in [-0.1, -0.05) is 0 Å². The monoisotopic (exact) mass is 463 g/mol. The molecule has 176 valence electrons. The quantitative estimate of drug-likeness (QED) is 0.0528. The topological polar surface area (TPSA) is 252 Å². The van der Waals surface area contributed by atoms with E-state index in [0.717, 1.165) is 0 Å². The Morgan fingerprint density at radius 3 is 1.90 bits per heavy atom. The Bertz CT molecular complexity index is 698. The van der Waals surface area contributed by atoms with Crippen molar-refractivity contribution in [2.45, 2.75) is 50.4 Å². The lowest BCUT2D eigenvalue weighted by Gasteiger charge is -2.23. The highest BCUT2D eigenvalue weighted by atomic mass is 32.1. The number of carbonyl (C=O) groups is 5. The lowest BCUT2D eigenvalue weighted by molar-refractivity contribution is -0.143. The molecule has 4 atom stereocenters. The molecule has 31 heavy (non-hydrogen) atoms. The van der Waals surface area contributed by atoms with E-state index >= 15 is 0 Å². The maximum Gasteiger partial charge on any atom is 0.326 e. The first-order chi connectivity index (χ1) is 14.4. The Morgan fingerprint density at radius 2 is 1.45 bits per heavy atom. The minimum atomic E-state index is -1.60. The van der Waals surface area contributed by atoms with Crippen LogP contribution in [-0.4, -0.2) is 82.3 Å². The Morgan fingerprint density at radius 1 is 0.935 bits per heavy atom. The molecule has 0 saturated carbocycles. The Hall–Kier alpha value is -3.07. The summed E-state index contributed by atoms with van der Waals surface area (Å²) in [5.74, 6) is -5.67. The van der Waals surface area contributed by atoms with Crippen LogP contribution in [0.5, 0.6) is 0 Å². The number of aliphatic carboxylic acids is 2. The number of amides is 3. The molecule has 0 fully saturated rings. The number of aliphatic imine (C=N–C) groups is 1. The maximum atomic E-state index is 12.5. The largest absolute Gasteiger partial charge is 0.481 e. The fourth-order valence-electron chi connectivity index (χ4n) is 2.19. The van der Waals surface area contributed by atoms with Gasteiger partial charge in [0.25, 0.3) is 0 Å². The van der Waals surface area contributed by atoms with Gasteiger partial charge in [0.2, 0.25) is 17.7 Å². The number of rotatable bonds is 14. The third-order valence-electron chi connectivity index (χ3n) is 3.80. The van der Waals surface area contributed by atoms with Crippen molar-refractivity contribution in [1.29, 1.82) is 0 Å². The summed E-state index contributed by atoms with van der Waals surface area (Å²) in [6, 6.07) is -5.07. The zero-order valence-corrected chi connectivity index (χ0v) is 17.8. The molecule has 0 bridgehead atoms. The molecule has 0 aromatic rings. The van der Waals surface area contributed by atoms with E-state index in [1.165, 1.54) is 6.92 Å². The SMILES string of the molecule is CC(N)C(=O)NC(CS)C(=O)NC(CC(=O)O)C(=O)NC(CCCN=C(N)N)C(=O)O. The summed E-state index contributed by atoms with van der Waals surface area (Å²) in [5, 5.41) is 25.0. The van der Waals surface area contributed by atoms with E-state index in [0.29, 0.717) is 0 Å². The molecule has 0 aliphatic carbocycles. The highest BCUT2D eigenvalue weighted by molar-refractivity contribution is 7.80. The van der Waals surface area contributed by atoms with Gasteiger partial charge in [-0.25, -0.2) is 4.79 Å². The van der Waals surface area contributed by atoms with E-state index in [2.05, 4.69) is 33.6 Å². The zero-order valence-electron chi connectivity index (χ0n) is 16.9. The first-order valence-electron chi connectivity index (χ1n) is 9.16. The van der Waals surface area contributed by atoms with Gasteiger partial charge in [-0.15, -0.1) is 0 Å². The van der Waals surface area contributed by atoms with Crippen molar-refractivity contribution in [2.24, 2.45) is 22.2 Å². The number of hydrogen-bond donors (Lipinski definition) is 9. The van der Waals surface area contributed by atoms with Crippen molar-refractivity contribution in [3.8, 4) is 0 Å². The van der Waals surface area contributed by atoms with Crippen LogP contribution in [0.15, 0.2) is 4.99 Å². The van der Waals surface area contributed by atoms with Crippen molar-refractivity contribution in [2.75, 3.05) is 12.3 Å². The van der Waals surface area contributed by atoms with E-state index in [1.807, 2.05) is 0 Å². The molecule has 14 nitrogen and oxygen atoms in total. The van der Waals surface area contributed by atoms with Crippen LogP contribution in [-0.2, 0) is 24.0 Å². The average molecular weight is 464 g/mol. The minimum Gasteiger partial charge on any atom is -0.481 e. The van der Waals surface area contributed by atoms with Crippen LogP contribution in [0.4, 0.5) is 0 Å². The fourth-order valence-corrected chi connectivity index (χ4v) is 2.44. The summed E-state index contributed by atoms with van der Waals surface area (Å²) < 4.78 is 0. The van der Waals surface area contributed by atoms with E-state index < -0.39 is 60.2 Å². The smallest absolute Gasteiger partial charge is 0.326 e. The van der Waals surface area contributed by atoms with Crippen molar-refractivity contribution in [3.05, 3.63) is 0 Å². The molecule has 0 aromatic heterocycles. The summed E-state index contributed by atoms with van der Waals surface area (Å²) in [7, 11) is 0. The first-order valence-corrected chi connectivity index (χ1v) is 9.79. The molecule has 0 spiro atoms. The second-order valence-electron chi connectivity index (χ2n) is 6.54. The number of carboxylic acids is 2. The van der Waals surface area contributed by atoms with E-state index in [1.54, 1.807) is 0 Å². The molecule has 0 aliphatic rings. The number of carbonyl (C=O) groups excluding carboxylic acids is 3. The number of thiol groups is 1. The molecule has 0 aromatic carbocycles. The Kier molecular flexibility index (Phi) is 12.6. The number of guanidine groups is 1. The van der Waals surface area contributed by atoms with Gasteiger partial charge in [0, 0.05) is 12.3 Å². The summed E-state index contributed by atoms with van der Waals surface area (Å²) in [6.45, 7) is 1.52. The zero-order chi connectivity index (χ0) is 24.1. The average Bonchev–Trinajstić information content (AvgIpc) is 2.66. The summed E-state index contributed by atoms with van der Waals surface area (Å²) in [5.41, 5.74) is 15.8. The van der Waals surface area contributed by atoms with Crippen molar-refractivity contribution in [3.63, 3.8) is 0 Å². The molecule has 0 aliphatic heterocycles. The second-order valence-corrected chi connectivity index (χ2v) is 6.90. The van der Waals surface area contributed by atoms with Crippen LogP contribution < -0.4 is 33.2 Å². The fraction of sp³-hybridized carbons (Fsp3) is 0.625. The highest BCUT2D eigenvalue weighted by Gasteiger charge is 2.30. The molecule has 4 unspecified atom stereocenters. The van der Waals surface area contributed by atoms with Gasteiger partial charge >= 0.3 is 11.9 Å². The number of nitrogens with two attached hydrogens (primary N) is 3. The lowest BCUT2D eigenvalue weighted by atomic mass is 10.1. The molecule has 0 saturated heterocycles. The van der Waals surface area contributed by atoms with Crippen molar-refractivity contribution < 1.29 is 34.2 Å². The second kappa shape index (κ2) is 14.0. The predicted octanol–water partition coefficient (Wildman–Crippen LogP) is -3.67. The van der Waals surface area contributed by atoms with Crippen LogP contribution >= 0.6 is 12.6 Å². The minimum absolute atomic E-state index is 0.0463. The number of hydrogen-bond acceptors (Lipinski definition) is 8. The van der Waals surface area contributed by atoms with Crippen LogP contribution in [0.25, 0.3) is 0 Å². The number of carboxylic acid groups (broad SMARTS) is 2. The van der Waals surface area contributed by atoms with Crippen molar-refractivity contribution >= 4 is 48.2 Å². The van der Waals surface area contributed by atoms with E-state index in [4.69, 9.17) is 22.3 Å². The molecule has 3 amide bonds. The first kappa shape index (κ1) is 27.9.